The Morgan fingerprint density at radius 3 is 2.56 bits per heavy atom. The van der Waals surface area contributed by atoms with Gasteiger partial charge in [0.15, 0.2) is 0 Å². The van der Waals surface area contributed by atoms with E-state index >= 15 is 0 Å². The van der Waals surface area contributed by atoms with Crippen molar-refractivity contribution in [3.05, 3.63) is 83.1 Å². The minimum absolute atomic E-state index is 0.259. The molecule has 2 aromatic carbocycles. The number of amides is 2. The molecule has 3 aromatic rings. The molecule has 6 nitrogen and oxygen atoms in total. The molecule has 0 saturated heterocycles. The van der Waals surface area contributed by atoms with Gasteiger partial charge in [-0.05, 0) is 24.6 Å². The number of para-hydroxylation sites is 1. The molecule has 0 aliphatic rings. The molecule has 27 heavy (non-hydrogen) atoms. The van der Waals surface area contributed by atoms with Gasteiger partial charge in [-0.3, -0.25) is 9.59 Å². The van der Waals surface area contributed by atoms with Crippen LogP contribution < -0.4 is 10.6 Å². The first kappa shape index (κ1) is 18.7. The van der Waals surface area contributed by atoms with Gasteiger partial charge < -0.3 is 10.6 Å². The molecule has 0 bridgehead atoms. The number of halogens is 1. The summed E-state index contributed by atoms with van der Waals surface area (Å²) in [5.41, 5.74) is 2.01. The Morgan fingerprint density at radius 1 is 1.11 bits per heavy atom. The summed E-state index contributed by atoms with van der Waals surface area (Å²) >= 11 is 6.14. The van der Waals surface area contributed by atoms with Crippen molar-refractivity contribution < 1.29 is 9.59 Å². The normalized spacial score (nSPS) is 11.6. The van der Waals surface area contributed by atoms with Crippen LogP contribution in [0.5, 0.6) is 0 Å². The maximum Gasteiger partial charge on any atom is 0.255 e. The van der Waals surface area contributed by atoms with Crippen LogP contribution in [0.25, 0.3) is 5.69 Å². The zero-order valence-electron chi connectivity index (χ0n) is 14.7. The number of nitrogens with zero attached hydrogens (tertiary/aromatic N) is 2. The van der Waals surface area contributed by atoms with Gasteiger partial charge >= 0.3 is 0 Å². The molecule has 0 aliphatic carbocycles. The lowest BCUT2D eigenvalue weighted by molar-refractivity contribution is -0.122. The molecule has 138 valence electrons. The smallest absolute Gasteiger partial charge is 0.255 e. The van der Waals surface area contributed by atoms with E-state index in [9.17, 15) is 9.59 Å². The molecule has 1 aromatic heterocycles. The van der Waals surface area contributed by atoms with E-state index in [1.54, 1.807) is 25.3 Å². The first-order valence-corrected chi connectivity index (χ1v) is 8.84. The van der Waals surface area contributed by atoms with Crippen LogP contribution in [-0.4, -0.2) is 27.6 Å². The van der Waals surface area contributed by atoms with Crippen molar-refractivity contribution in [1.29, 1.82) is 0 Å². The largest absolute Gasteiger partial charge is 0.350 e. The van der Waals surface area contributed by atoms with Gasteiger partial charge in [0.2, 0.25) is 5.91 Å². The van der Waals surface area contributed by atoms with E-state index in [2.05, 4.69) is 15.7 Å². The molecule has 0 spiro atoms. The summed E-state index contributed by atoms with van der Waals surface area (Å²) < 4.78 is 1.53. The predicted octanol–water partition coefficient (Wildman–Crippen LogP) is 2.96. The van der Waals surface area contributed by atoms with Crippen molar-refractivity contribution in [2.75, 3.05) is 0 Å². The number of hydrogen-bond acceptors (Lipinski definition) is 3. The van der Waals surface area contributed by atoms with Crippen LogP contribution >= 0.6 is 11.6 Å². The monoisotopic (exact) mass is 382 g/mol. The highest BCUT2D eigenvalue weighted by Gasteiger charge is 2.18. The second-order valence-electron chi connectivity index (χ2n) is 6.02. The average Bonchev–Trinajstić information content (AvgIpc) is 3.17. The molecule has 7 heteroatoms. The molecule has 0 fully saturated rings. The zero-order valence-corrected chi connectivity index (χ0v) is 15.5. The molecule has 2 amide bonds. The lowest BCUT2D eigenvalue weighted by atomic mass is 10.2. The van der Waals surface area contributed by atoms with E-state index < -0.39 is 6.04 Å². The van der Waals surface area contributed by atoms with Gasteiger partial charge in [0.1, 0.15) is 6.04 Å². The van der Waals surface area contributed by atoms with Gasteiger partial charge in [-0.1, -0.05) is 54.1 Å². The van der Waals surface area contributed by atoms with E-state index in [1.165, 1.54) is 10.9 Å². The first-order chi connectivity index (χ1) is 13.0. The summed E-state index contributed by atoms with van der Waals surface area (Å²) in [6, 6.07) is 16.1. The molecular formula is C20H19ClN4O2. The molecular weight excluding hydrogens is 364 g/mol. The van der Waals surface area contributed by atoms with Crippen molar-refractivity contribution in [1.82, 2.24) is 20.4 Å². The quantitative estimate of drug-likeness (QED) is 0.688. The van der Waals surface area contributed by atoms with Crippen molar-refractivity contribution >= 4 is 23.4 Å². The second kappa shape index (κ2) is 8.51. The van der Waals surface area contributed by atoms with Gasteiger partial charge in [-0.25, -0.2) is 4.68 Å². The maximum atomic E-state index is 12.4. The Bertz CT molecular complexity index is 940. The van der Waals surface area contributed by atoms with Crippen LogP contribution in [0.1, 0.15) is 22.8 Å². The highest BCUT2D eigenvalue weighted by Crippen LogP contribution is 2.19. The lowest BCUT2D eigenvalue weighted by Gasteiger charge is -2.13. The summed E-state index contributed by atoms with van der Waals surface area (Å²) in [4.78, 5) is 24.6. The number of nitrogens with one attached hydrogen (secondary N) is 2. The van der Waals surface area contributed by atoms with Crippen molar-refractivity contribution in [3.8, 4) is 5.69 Å². The van der Waals surface area contributed by atoms with Crippen LogP contribution in [0.2, 0.25) is 5.02 Å². The summed E-state index contributed by atoms with van der Waals surface area (Å²) in [6.45, 7) is 2.04. The van der Waals surface area contributed by atoms with Gasteiger partial charge in [-0.2, -0.15) is 5.10 Å². The molecule has 0 radical (unpaired) electrons. The minimum Gasteiger partial charge on any atom is -0.350 e. The van der Waals surface area contributed by atoms with Crippen LogP contribution in [0.3, 0.4) is 0 Å². The van der Waals surface area contributed by atoms with Gasteiger partial charge in [0.25, 0.3) is 5.91 Å². The fourth-order valence-electron chi connectivity index (χ4n) is 2.49. The number of benzene rings is 2. The van der Waals surface area contributed by atoms with Gasteiger partial charge in [-0.15, -0.1) is 0 Å². The van der Waals surface area contributed by atoms with Crippen LogP contribution in [0.4, 0.5) is 0 Å². The molecule has 1 unspecified atom stereocenters. The summed E-state index contributed by atoms with van der Waals surface area (Å²) in [5.74, 6) is -0.638. The third-order valence-corrected chi connectivity index (χ3v) is 4.31. The van der Waals surface area contributed by atoms with Crippen molar-refractivity contribution in [2.45, 2.75) is 19.5 Å². The first-order valence-electron chi connectivity index (χ1n) is 8.46. The third kappa shape index (κ3) is 4.74. The molecule has 3 rings (SSSR count). The lowest BCUT2D eigenvalue weighted by Crippen LogP contribution is -2.44. The van der Waals surface area contributed by atoms with Crippen LogP contribution in [-0.2, 0) is 11.3 Å². The SMILES string of the molecule is CC(NC(=O)c1cnn(-c2ccccc2Cl)c1)C(=O)NCc1ccccc1. The topological polar surface area (TPSA) is 76.0 Å². The molecule has 1 heterocycles. The number of rotatable bonds is 6. The van der Waals surface area contributed by atoms with Gasteiger partial charge in [0, 0.05) is 12.7 Å². The minimum atomic E-state index is -0.676. The van der Waals surface area contributed by atoms with E-state index in [-0.39, 0.29) is 11.8 Å². The Labute approximate surface area is 162 Å². The molecule has 0 saturated carbocycles. The maximum absolute atomic E-state index is 12.4. The van der Waals surface area contributed by atoms with Crippen LogP contribution in [0, 0.1) is 0 Å². The molecule has 2 N–H and O–H groups in total. The van der Waals surface area contributed by atoms with Crippen molar-refractivity contribution in [3.63, 3.8) is 0 Å². The summed E-state index contributed by atoms with van der Waals surface area (Å²) in [7, 11) is 0. The van der Waals surface area contributed by atoms with Crippen molar-refractivity contribution in [2.24, 2.45) is 0 Å². The Hall–Kier alpha value is -3.12. The molecule has 0 aliphatic heterocycles. The highest BCUT2D eigenvalue weighted by molar-refractivity contribution is 6.32. The number of hydrogen-bond donors (Lipinski definition) is 2. The fourth-order valence-corrected chi connectivity index (χ4v) is 2.72. The Kier molecular flexibility index (Phi) is 5.88. The van der Waals surface area contributed by atoms with Gasteiger partial charge in [0.05, 0.1) is 22.5 Å². The summed E-state index contributed by atoms with van der Waals surface area (Å²) in [6.07, 6.45) is 3.01. The number of aromatic nitrogens is 2. The number of carbonyl (C=O) groups is 2. The second-order valence-corrected chi connectivity index (χ2v) is 6.43. The highest BCUT2D eigenvalue weighted by atomic mass is 35.5. The van der Waals surface area contributed by atoms with E-state index in [0.717, 1.165) is 5.56 Å². The van der Waals surface area contributed by atoms with Crippen LogP contribution in [0.15, 0.2) is 67.0 Å². The van der Waals surface area contributed by atoms with E-state index in [0.29, 0.717) is 22.8 Å². The Balaban J connectivity index is 1.58. The predicted molar refractivity (Wildman–Crippen MR) is 104 cm³/mol. The Morgan fingerprint density at radius 2 is 1.81 bits per heavy atom. The zero-order chi connectivity index (χ0) is 19.2. The molecule has 1 atom stereocenters. The average molecular weight is 383 g/mol. The van der Waals surface area contributed by atoms with E-state index in [4.69, 9.17) is 11.6 Å². The fraction of sp³-hybridized carbons (Fsp3) is 0.150. The standard InChI is InChI=1S/C20H19ClN4O2/c1-14(19(26)22-11-15-7-3-2-4-8-15)24-20(27)16-12-23-25(13-16)18-10-6-5-9-17(18)21/h2-10,12-14H,11H2,1H3,(H,22,26)(H,24,27). The van der Waals surface area contributed by atoms with E-state index in [1.807, 2.05) is 42.5 Å². The summed E-state index contributed by atoms with van der Waals surface area (Å²) in [5, 5.41) is 10.2. The third-order valence-electron chi connectivity index (χ3n) is 3.99. The number of carbonyl (C=O) groups excluding carboxylic acids is 2.